The van der Waals surface area contributed by atoms with E-state index in [1.54, 1.807) is 23.9 Å². The maximum Gasteiger partial charge on any atom is 0.329 e. The van der Waals surface area contributed by atoms with Gasteiger partial charge in [0.15, 0.2) is 23.2 Å². The fourth-order valence-corrected chi connectivity index (χ4v) is 9.61. The van der Waals surface area contributed by atoms with E-state index in [4.69, 9.17) is 14.5 Å². The van der Waals surface area contributed by atoms with E-state index in [0.717, 1.165) is 95.2 Å². The molecule has 2 aliphatic heterocycles. The Hall–Kier alpha value is -6.11. The van der Waals surface area contributed by atoms with Gasteiger partial charge in [-0.2, -0.15) is 9.37 Å². The van der Waals surface area contributed by atoms with Crippen molar-refractivity contribution >= 4 is 34.7 Å². The molecular weight excluding hydrogens is 798 g/mol. The number of phenolic OH excluding ortho intramolecular Hbond substituents is 1. The molecule has 5 fully saturated rings. The number of nitrogens with one attached hydrogen (secondary N) is 2. The Kier molecular flexibility index (Phi) is 10.4. The first-order valence-electron chi connectivity index (χ1n) is 20.7. The fourth-order valence-electron chi connectivity index (χ4n) is 9.61. The lowest BCUT2D eigenvalue weighted by Crippen LogP contribution is -2.49. The molecule has 3 N–H and O–H groups in total. The number of fused-ring (bicyclic) bond motifs is 4. The van der Waals surface area contributed by atoms with Crippen LogP contribution in [0.1, 0.15) is 85.6 Å². The summed E-state index contributed by atoms with van der Waals surface area (Å²) >= 11 is 0. The molecular formula is C42H45F3N10O6. The van der Waals surface area contributed by atoms with Crippen LogP contribution in [0.3, 0.4) is 0 Å². The molecule has 16 nitrogen and oxygen atoms in total. The van der Waals surface area contributed by atoms with E-state index in [0.29, 0.717) is 41.4 Å². The quantitative estimate of drug-likeness (QED) is 0.128. The zero-order chi connectivity index (χ0) is 42.6. The molecule has 5 aromatic rings. The van der Waals surface area contributed by atoms with E-state index in [9.17, 15) is 37.5 Å². The van der Waals surface area contributed by atoms with E-state index < -0.39 is 46.6 Å². The van der Waals surface area contributed by atoms with Crippen LogP contribution in [-0.4, -0.2) is 96.2 Å². The summed E-state index contributed by atoms with van der Waals surface area (Å²) in [6, 6.07) is 7.44. The Morgan fingerprint density at radius 2 is 1.72 bits per heavy atom. The van der Waals surface area contributed by atoms with Crippen molar-refractivity contribution in [2.24, 2.45) is 12.5 Å². The molecule has 2 saturated heterocycles. The van der Waals surface area contributed by atoms with Gasteiger partial charge in [0.05, 0.1) is 16.6 Å². The minimum absolute atomic E-state index is 0.196. The molecule has 19 heteroatoms. The van der Waals surface area contributed by atoms with Gasteiger partial charge in [0.25, 0.3) is 11.8 Å². The van der Waals surface area contributed by atoms with Gasteiger partial charge < -0.3 is 19.8 Å². The number of carbonyl (C=O) groups is 3. The summed E-state index contributed by atoms with van der Waals surface area (Å²) < 4.78 is 50.8. The minimum atomic E-state index is -1.80. The third kappa shape index (κ3) is 7.41. The van der Waals surface area contributed by atoms with Crippen molar-refractivity contribution in [3.05, 3.63) is 81.4 Å². The van der Waals surface area contributed by atoms with E-state index in [-0.39, 0.29) is 35.4 Å². The number of carbonyl (C=O) groups excluding carboxylic acids is 3. The molecule has 10 rings (SSSR count). The highest BCUT2D eigenvalue weighted by Gasteiger charge is 2.51. The summed E-state index contributed by atoms with van der Waals surface area (Å²) in [5.74, 6) is -6.47. The third-order valence-electron chi connectivity index (χ3n) is 13.4. The smallest absolute Gasteiger partial charge is 0.329 e. The Balaban J connectivity index is 0.763. The highest BCUT2D eigenvalue weighted by atomic mass is 19.2. The molecule has 1 atom stereocenters. The van der Waals surface area contributed by atoms with Gasteiger partial charge in [-0.25, -0.2) is 23.5 Å². The van der Waals surface area contributed by atoms with Crippen molar-refractivity contribution in [2.75, 3.05) is 44.2 Å². The Labute approximate surface area is 347 Å². The molecule has 2 bridgehead atoms. The van der Waals surface area contributed by atoms with Gasteiger partial charge in [-0.3, -0.25) is 33.7 Å². The number of amides is 3. The van der Waals surface area contributed by atoms with Crippen molar-refractivity contribution < 1.29 is 37.2 Å². The number of piperazine rings is 1. The van der Waals surface area contributed by atoms with Crippen LogP contribution in [-0.2, 0) is 28.5 Å². The lowest BCUT2D eigenvalue weighted by molar-refractivity contribution is -0.135. The Morgan fingerprint density at radius 3 is 2.46 bits per heavy atom. The van der Waals surface area contributed by atoms with Crippen LogP contribution in [0.15, 0.2) is 45.8 Å². The van der Waals surface area contributed by atoms with Gasteiger partial charge in [0.2, 0.25) is 23.6 Å². The molecule has 5 aliphatic rings. The van der Waals surface area contributed by atoms with Crippen molar-refractivity contribution in [1.29, 1.82) is 0 Å². The first-order chi connectivity index (χ1) is 29.3. The van der Waals surface area contributed by atoms with Crippen LogP contribution >= 0.6 is 0 Å². The second-order valence-corrected chi connectivity index (χ2v) is 16.9. The van der Waals surface area contributed by atoms with Crippen molar-refractivity contribution in [3.8, 4) is 17.3 Å². The Bertz CT molecular complexity index is 2590. The number of benzene rings is 2. The summed E-state index contributed by atoms with van der Waals surface area (Å²) in [5.41, 5.74) is 1.43. The van der Waals surface area contributed by atoms with Crippen LogP contribution < -0.4 is 21.2 Å². The SMILES string of the molecule is Cn1c(=O)n(C2CCC(=O)NC2=O)c2ccc(CCCN3CCN(c4nccc(-c5nc(C67CCC(CNC(=O)c8cc(F)c(O)c(F)c8F)(CC6)CC7)no5)n4)CC3)cc21. The van der Waals surface area contributed by atoms with E-state index in [2.05, 4.69) is 30.6 Å². The zero-order valence-electron chi connectivity index (χ0n) is 33.6. The zero-order valence-corrected chi connectivity index (χ0v) is 33.6. The number of imidazole rings is 1. The van der Waals surface area contributed by atoms with Crippen LogP contribution in [0.4, 0.5) is 19.1 Å². The number of hydrogen-bond acceptors (Lipinski definition) is 12. The second-order valence-electron chi connectivity index (χ2n) is 16.9. The number of nitrogens with zero attached hydrogens (tertiary/aromatic N) is 8. The number of hydrogen-bond donors (Lipinski definition) is 3. The van der Waals surface area contributed by atoms with Crippen molar-refractivity contribution in [2.45, 2.75) is 75.7 Å². The molecule has 2 aromatic carbocycles. The highest BCUT2D eigenvalue weighted by Crippen LogP contribution is 2.57. The van der Waals surface area contributed by atoms with Gasteiger partial charge in [-0.05, 0) is 99.6 Å². The normalized spacial score (nSPS) is 23.1. The second kappa shape index (κ2) is 15.7. The third-order valence-corrected chi connectivity index (χ3v) is 13.4. The number of aryl methyl sites for hydroxylation is 2. The summed E-state index contributed by atoms with van der Waals surface area (Å²) in [6.45, 7) is 4.26. The number of phenols is 1. The number of piperidine rings is 1. The van der Waals surface area contributed by atoms with E-state index in [1.165, 1.54) is 4.57 Å². The molecule has 3 aliphatic carbocycles. The largest absolute Gasteiger partial charge is 0.503 e. The molecule has 320 valence electrons. The molecule has 61 heavy (non-hydrogen) atoms. The predicted octanol–water partition coefficient (Wildman–Crippen LogP) is 4.06. The monoisotopic (exact) mass is 842 g/mol. The van der Waals surface area contributed by atoms with Crippen molar-refractivity contribution in [1.82, 2.24) is 44.8 Å². The first kappa shape index (κ1) is 40.3. The predicted molar refractivity (Wildman–Crippen MR) is 213 cm³/mol. The topological polar surface area (TPSA) is 194 Å². The molecule has 0 radical (unpaired) electrons. The average molecular weight is 843 g/mol. The number of rotatable bonds is 11. The van der Waals surface area contributed by atoms with Gasteiger partial charge in [0.1, 0.15) is 11.7 Å². The average Bonchev–Trinajstić information content (AvgIpc) is 3.88. The van der Waals surface area contributed by atoms with Crippen LogP contribution in [0.25, 0.3) is 22.6 Å². The number of halogens is 3. The number of aromatic nitrogens is 6. The van der Waals surface area contributed by atoms with E-state index >= 15 is 0 Å². The van der Waals surface area contributed by atoms with Crippen LogP contribution in [0.2, 0.25) is 0 Å². The van der Waals surface area contributed by atoms with Gasteiger partial charge >= 0.3 is 5.69 Å². The first-order valence-corrected chi connectivity index (χ1v) is 20.7. The Morgan fingerprint density at radius 1 is 0.967 bits per heavy atom. The highest BCUT2D eigenvalue weighted by molar-refractivity contribution is 6.00. The minimum Gasteiger partial charge on any atom is -0.503 e. The number of aromatic hydroxyl groups is 1. The van der Waals surface area contributed by atoms with Gasteiger partial charge in [0, 0.05) is 57.8 Å². The van der Waals surface area contributed by atoms with Crippen LogP contribution in [0, 0.1) is 22.9 Å². The summed E-state index contributed by atoms with van der Waals surface area (Å²) in [6.07, 6.45) is 8.37. The molecule has 3 aromatic heterocycles. The fraction of sp³-hybridized carbons (Fsp3) is 0.476. The summed E-state index contributed by atoms with van der Waals surface area (Å²) in [4.78, 5) is 68.8. The molecule has 3 saturated carbocycles. The summed E-state index contributed by atoms with van der Waals surface area (Å²) in [5, 5.41) is 18.7. The maximum atomic E-state index is 14.3. The maximum absolute atomic E-state index is 14.3. The molecule has 0 spiro atoms. The molecule has 1 unspecified atom stereocenters. The summed E-state index contributed by atoms with van der Waals surface area (Å²) in [7, 11) is 1.70. The number of imide groups is 1. The standard InChI is InChI=1S/C42H45F3N10O6/c1-52-30-21-24(4-5-28(30)55(40(52)60)29-6-7-31(56)49-36(29)59)3-2-16-53-17-19-54(20-18-53)39-46-15-8-27(48-39)37-50-38(51-61-37)42-12-9-41(10-13-42,11-14-42)23-47-35(58)25-22-26(43)34(57)33(45)32(25)44/h4-5,8,15,21-22,29,57H,2-3,6-7,9-14,16-20,23H2,1H3,(H,47,58)(H,49,56,59). The van der Waals surface area contributed by atoms with Crippen LogP contribution in [0.5, 0.6) is 5.75 Å². The van der Waals surface area contributed by atoms with Gasteiger partial charge in [-0.15, -0.1) is 0 Å². The van der Waals surface area contributed by atoms with Crippen molar-refractivity contribution in [3.63, 3.8) is 0 Å². The van der Waals surface area contributed by atoms with E-state index in [1.807, 2.05) is 18.2 Å². The number of anilines is 1. The molecule has 5 heterocycles. The van der Waals surface area contributed by atoms with Gasteiger partial charge in [-0.1, -0.05) is 11.2 Å². The molecule has 3 amide bonds. The lowest BCUT2D eigenvalue weighted by atomic mass is 9.53. The lowest BCUT2D eigenvalue weighted by Gasteiger charge is -2.52.